The Morgan fingerprint density at radius 2 is 1.67 bits per heavy atom. The van der Waals surface area contributed by atoms with E-state index in [2.05, 4.69) is 23.8 Å². The Morgan fingerprint density at radius 3 is 2.33 bits per heavy atom. The Hall–Kier alpha value is -2.30. The summed E-state index contributed by atoms with van der Waals surface area (Å²) < 4.78 is 11.5. The lowest BCUT2D eigenvalue weighted by molar-refractivity contribution is 0.268. The van der Waals surface area contributed by atoms with Crippen LogP contribution in [0.5, 0.6) is 11.5 Å². The first kappa shape index (κ1) is 15.1. The molecule has 0 saturated carbocycles. The van der Waals surface area contributed by atoms with E-state index in [1.165, 1.54) is 6.33 Å². The molecule has 0 aliphatic heterocycles. The van der Waals surface area contributed by atoms with Crippen molar-refractivity contribution in [3.8, 4) is 22.8 Å². The number of ether oxygens (including phenoxy) is 2. The summed E-state index contributed by atoms with van der Waals surface area (Å²) in [5.41, 5.74) is 7.40. The van der Waals surface area contributed by atoms with Crippen LogP contribution in [0, 0.1) is 0 Å². The van der Waals surface area contributed by atoms with Crippen LogP contribution in [0.25, 0.3) is 11.3 Å². The molecule has 2 N–H and O–H groups in total. The van der Waals surface area contributed by atoms with Crippen molar-refractivity contribution in [3.63, 3.8) is 0 Å². The van der Waals surface area contributed by atoms with Crippen molar-refractivity contribution in [1.29, 1.82) is 0 Å². The van der Waals surface area contributed by atoms with Crippen LogP contribution in [0.2, 0.25) is 0 Å². The largest absolute Gasteiger partial charge is 0.490 e. The second-order valence-electron chi connectivity index (χ2n) is 4.69. The van der Waals surface area contributed by atoms with Gasteiger partial charge in [-0.05, 0) is 31.0 Å². The van der Waals surface area contributed by atoms with Crippen LogP contribution < -0.4 is 15.2 Å². The molecule has 5 nitrogen and oxygen atoms in total. The molecule has 0 aliphatic rings. The Kier molecular flexibility index (Phi) is 5.37. The molecule has 2 rings (SSSR count). The highest BCUT2D eigenvalue weighted by molar-refractivity contribution is 5.65. The van der Waals surface area contributed by atoms with Crippen molar-refractivity contribution in [2.45, 2.75) is 26.7 Å². The van der Waals surface area contributed by atoms with Gasteiger partial charge in [0.25, 0.3) is 0 Å². The van der Waals surface area contributed by atoms with E-state index in [1.54, 1.807) is 6.07 Å². The van der Waals surface area contributed by atoms with Gasteiger partial charge in [-0.25, -0.2) is 9.97 Å². The molecule has 0 amide bonds. The molecule has 1 aromatic carbocycles. The van der Waals surface area contributed by atoms with E-state index in [-0.39, 0.29) is 0 Å². The Labute approximate surface area is 125 Å². The number of anilines is 1. The van der Waals surface area contributed by atoms with Gasteiger partial charge in [0.05, 0.1) is 18.9 Å². The molecule has 0 bridgehead atoms. The summed E-state index contributed by atoms with van der Waals surface area (Å²) in [6, 6.07) is 7.54. The van der Waals surface area contributed by atoms with Crippen molar-refractivity contribution >= 4 is 5.82 Å². The first-order valence-corrected chi connectivity index (χ1v) is 7.22. The first-order chi connectivity index (χ1) is 10.2. The molecule has 0 fully saturated rings. The number of nitrogen functional groups attached to an aromatic ring is 1. The molecule has 21 heavy (non-hydrogen) atoms. The van der Waals surface area contributed by atoms with E-state index in [1.807, 2.05) is 18.2 Å². The lowest BCUT2D eigenvalue weighted by atomic mass is 10.1. The standard InChI is InChI=1S/C16H21N3O2/c1-3-7-20-14-6-5-12(9-15(14)21-8-4-2)13-10-16(17)19-11-18-13/h5-6,9-11H,3-4,7-8H2,1-2H3,(H2,17,18,19). The molecule has 5 heteroatoms. The predicted molar refractivity (Wildman–Crippen MR) is 83.5 cm³/mol. The minimum absolute atomic E-state index is 0.447. The monoisotopic (exact) mass is 287 g/mol. The van der Waals surface area contributed by atoms with Gasteiger partial charge in [-0.1, -0.05) is 13.8 Å². The van der Waals surface area contributed by atoms with E-state index >= 15 is 0 Å². The Bertz CT molecular complexity index is 587. The maximum Gasteiger partial charge on any atom is 0.161 e. The van der Waals surface area contributed by atoms with Gasteiger partial charge in [0.2, 0.25) is 0 Å². The van der Waals surface area contributed by atoms with E-state index in [9.17, 15) is 0 Å². The van der Waals surface area contributed by atoms with Crippen molar-refractivity contribution in [3.05, 3.63) is 30.6 Å². The highest BCUT2D eigenvalue weighted by Crippen LogP contribution is 2.32. The second kappa shape index (κ2) is 7.47. The third-order valence-electron chi connectivity index (χ3n) is 2.85. The minimum Gasteiger partial charge on any atom is -0.490 e. The summed E-state index contributed by atoms with van der Waals surface area (Å²) in [6.45, 7) is 5.46. The molecule has 112 valence electrons. The van der Waals surface area contributed by atoms with Crippen LogP contribution in [0.3, 0.4) is 0 Å². The summed E-state index contributed by atoms with van der Waals surface area (Å²) >= 11 is 0. The highest BCUT2D eigenvalue weighted by Gasteiger charge is 2.09. The van der Waals surface area contributed by atoms with E-state index < -0.39 is 0 Å². The van der Waals surface area contributed by atoms with Gasteiger partial charge in [0, 0.05) is 11.6 Å². The Morgan fingerprint density at radius 1 is 0.952 bits per heavy atom. The molecule has 1 aromatic heterocycles. The zero-order valence-corrected chi connectivity index (χ0v) is 12.5. The van der Waals surface area contributed by atoms with Crippen LogP contribution in [-0.2, 0) is 0 Å². The zero-order valence-electron chi connectivity index (χ0n) is 12.5. The van der Waals surface area contributed by atoms with E-state index in [0.717, 1.165) is 35.6 Å². The molecular weight excluding hydrogens is 266 g/mol. The van der Waals surface area contributed by atoms with Crippen LogP contribution in [0.15, 0.2) is 30.6 Å². The summed E-state index contributed by atoms with van der Waals surface area (Å²) in [5, 5.41) is 0. The van der Waals surface area contributed by atoms with E-state index in [0.29, 0.717) is 19.0 Å². The number of hydrogen-bond acceptors (Lipinski definition) is 5. The average Bonchev–Trinajstić information content (AvgIpc) is 2.51. The number of nitrogens with two attached hydrogens (primary N) is 1. The van der Waals surface area contributed by atoms with E-state index in [4.69, 9.17) is 15.2 Å². The smallest absolute Gasteiger partial charge is 0.161 e. The van der Waals surface area contributed by atoms with Gasteiger partial charge in [0.1, 0.15) is 12.1 Å². The lowest BCUT2D eigenvalue weighted by Gasteiger charge is -2.13. The fraction of sp³-hybridized carbons (Fsp3) is 0.375. The third-order valence-corrected chi connectivity index (χ3v) is 2.85. The van der Waals surface area contributed by atoms with Gasteiger partial charge in [0.15, 0.2) is 11.5 Å². The molecule has 0 radical (unpaired) electrons. The fourth-order valence-corrected chi connectivity index (χ4v) is 1.85. The Balaban J connectivity index is 2.31. The minimum atomic E-state index is 0.447. The normalized spacial score (nSPS) is 10.4. The lowest BCUT2D eigenvalue weighted by Crippen LogP contribution is -2.01. The quantitative estimate of drug-likeness (QED) is 0.846. The maximum absolute atomic E-state index is 5.78. The molecule has 1 heterocycles. The van der Waals surface area contributed by atoms with Crippen molar-refractivity contribution < 1.29 is 9.47 Å². The second-order valence-corrected chi connectivity index (χ2v) is 4.69. The fourth-order valence-electron chi connectivity index (χ4n) is 1.85. The summed E-state index contributed by atoms with van der Waals surface area (Å²) in [7, 11) is 0. The van der Waals surface area contributed by atoms with Crippen molar-refractivity contribution in [2.75, 3.05) is 18.9 Å². The van der Waals surface area contributed by atoms with Crippen LogP contribution in [0.1, 0.15) is 26.7 Å². The first-order valence-electron chi connectivity index (χ1n) is 7.22. The van der Waals surface area contributed by atoms with Gasteiger partial charge < -0.3 is 15.2 Å². The van der Waals surface area contributed by atoms with Gasteiger partial charge in [-0.3, -0.25) is 0 Å². The SMILES string of the molecule is CCCOc1ccc(-c2cc(N)ncn2)cc1OCCC. The maximum atomic E-state index is 5.78. The zero-order chi connectivity index (χ0) is 15.1. The number of benzene rings is 1. The predicted octanol–water partition coefficient (Wildman–Crippen LogP) is 3.30. The number of rotatable bonds is 7. The third kappa shape index (κ3) is 4.08. The topological polar surface area (TPSA) is 70.3 Å². The molecule has 0 unspecified atom stereocenters. The summed E-state index contributed by atoms with van der Waals surface area (Å²) in [4.78, 5) is 8.14. The van der Waals surface area contributed by atoms with Crippen LogP contribution in [0.4, 0.5) is 5.82 Å². The van der Waals surface area contributed by atoms with Gasteiger partial charge >= 0.3 is 0 Å². The molecule has 2 aromatic rings. The average molecular weight is 287 g/mol. The molecule has 0 saturated heterocycles. The molecule has 0 atom stereocenters. The summed E-state index contributed by atoms with van der Waals surface area (Å²) in [5.74, 6) is 1.94. The molecule has 0 spiro atoms. The molecular formula is C16H21N3O2. The van der Waals surface area contributed by atoms with Crippen molar-refractivity contribution in [2.24, 2.45) is 0 Å². The van der Waals surface area contributed by atoms with Gasteiger partial charge in [-0.2, -0.15) is 0 Å². The van der Waals surface area contributed by atoms with Crippen molar-refractivity contribution in [1.82, 2.24) is 9.97 Å². The van der Waals surface area contributed by atoms with Crippen LogP contribution >= 0.6 is 0 Å². The highest BCUT2D eigenvalue weighted by atomic mass is 16.5. The number of aromatic nitrogens is 2. The van der Waals surface area contributed by atoms with Crippen LogP contribution in [-0.4, -0.2) is 23.2 Å². The van der Waals surface area contributed by atoms with Gasteiger partial charge in [-0.15, -0.1) is 0 Å². The summed E-state index contributed by atoms with van der Waals surface area (Å²) in [6.07, 6.45) is 3.36. The number of hydrogen-bond donors (Lipinski definition) is 1. The number of nitrogens with zero attached hydrogens (tertiary/aromatic N) is 2. The molecule has 0 aliphatic carbocycles.